The standard InChI is InChI=1S/C63H104N12O20S/c1-4-6-8-55-50-74(72-68-55)24-36-83-28-16-57(76)64-20-32-89-34-22-66-59(78)18-30-87-40-44-93-48-46-91-42-38-85-26-14-53(61(80)52-10-12-54(13-11-52)62-70-71-63(95-62)96(3,81)82)15-27-86-39-43-92-47-49-94-45-41-88-31-19-60(79)67-23-35-90-33-21-65-58(77)17-29-84-37-25-75-51-56(69-73-75)9-7-5-2/h10-13,50-51,53H,4-9,14-49H2,1-3H3,(H,64,76)(H,65,77)(H,66,78)(H,67,79). The molecule has 33 heteroatoms. The predicted octanol–water partition coefficient (Wildman–Crippen LogP) is 2.21. The highest BCUT2D eigenvalue weighted by molar-refractivity contribution is 7.90. The third-order valence-electron chi connectivity index (χ3n) is 13.8. The summed E-state index contributed by atoms with van der Waals surface area (Å²) in [6.07, 6.45) is 12.7. The highest BCUT2D eigenvalue weighted by atomic mass is 32.2. The minimum Gasteiger partial charge on any atom is -0.408 e. The van der Waals surface area contributed by atoms with Gasteiger partial charge in [0.2, 0.25) is 39.4 Å². The van der Waals surface area contributed by atoms with Gasteiger partial charge in [0.15, 0.2) is 5.78 Å². The Hall–Kier alpha value is -6.34. The van der Waals surface area contributed by atoms with Crippen LogP contribution in [0.5, 0.6) is 0 Å². The van der Waals surface area contributed by atoms with Crippen molar-refractivity contribution in [3.05, 3.63) is 53.6 Å². The number of Topliss-reactive ketones (excluding diaryl/α,β-unsaturated/α-hetero) is 1. The Morgan fingerprint density at radius 3 is 1.11 bits per heavy atom. The second-order valence-electron chi connectivity index (χ2n) is 21.8. The molecule has 4 amide bonds. The minimum atomic E-state index is -3.69. The van der Waals surface area contributed by atoms with E-state index in [1.165, 1.54) is 0 Å². The summed E-state index contributed by atoms with van der Waals surface area (Å²) >= 11 is 0. The lowest BCUT2D eigenvalue weighted by Gasteiger charge is -2.17. The Kier molecular flexibility index (Phi) is 45.9. The summed E-state index contributed by atoms with van der Waals surface area (Å²) in [6, 6.07) is 6.48. The van der Waals surface area contributed by atoms with Crippen LogP contribution in [0.4, 0.5) is 0 Å². The maximum absolute atomic E-state index is 13.8. The summed E-state index contributed by atoms with van der Waals surface area (Å²) in [7, 11) is -3.69. The molecule has 0 aliphatic rings. The zero-order chi connectivity index (χ0) is 68.8. The van der Waals surface area contributed by atoms with E-state index in [0.29, 0.717) is 195 Å². The normalized spacial score (nSPS) is 11.6. The number of hydrogen-bond acceptors (Lipinski definition) is 26. The first kappa shape index (κ1) is 82.1. The molecule has 96 heavy (non-hydrogen) atoms. The van der Waals surface area contributed by atoms with Gasteiger partial charge >= 0.3 is 5.22 Å². The van der Waals surface area contributed by atoms with Crippen molar-refractivity contribution in [2.24, 2.45) is 5.92 Å². The summed E-state index contributed by atoms with van der Waals surface area (Å²) in [4.78, 5) is 62.2. The molecule has 0 saturated carbocycles. The Morgan fingerprint density at radius 2 is 0.771 bits per heavy atom. The maximum Gasteiger partial charge on any atom is 0.335 e. The first-order valence-electron chi connectivity index (χ1n) is 33.3. The molecule has 0 aliphatic carbocycles. The molecule has 542 valence electrons. The van der Waals surface area contributed by atoms with Crippen LogP contribution in [0.1, 0.15) is 99.8 Å². The molecule has 4 N–H and O–H groups in total. The number of rotatable bonds is 64. The number of benzene rings is 1. The molecule has 0 unspecified atom stereocenters. The molecular weight excluding hydrogens is 1280 g/mol. The molecule has 0 aliphatic heterocycles. The molecule has 4 rings (SSSR count). The molecule has 0 bridgehead atoms. The fourth-order valence-electron chi connectivity index (χ4n) is 8.50. The second kappa shape index (κ2) is 53.7. The molecule has 32 nitrogen and oxygen atoms in total. The molecule has 0 atom stereocenters. The van der Waals surface area contributed by atoms with Gasteiger partial charge in [0.25, 0.3) is 0 Å². The number of sulfone groups is 1. The number of nitrogens with one attached hydrogen (secondary N) is 4. The number of aryl methyl sites for hydroxylation is 2. The predicted molar refractivity (Wildman–Crippen MR) is 348 cm³/mol. The van der Waals surface area contributed by atoms with Gasteiger partial charge in [-0.2, -0.15) is 0 Å². The van der Waals surface area contributed by atoms with Gasteiger partial charge < -0.3 is 82.5 Å². The lowest BCUT2D eigenvalue weighted by molar-refractivity contribution is -0.123. The van der Waals surface area contributed by atoms with E-state index in [1.54, 1.807) is 33.6 Å². The van der Waals surface area contributed by atoms with Crippen molar-refractivity contribution in [3.8, 4) is 11.5 Å². The van der Waals surface area contributed by atoms with Crippen molar-refractivity contribution in [2.75, 3.05) is 191 Å². The SMILES string of the molecule is CCCCc1cn(CCOCCC(=O)NCCOCCNC(=O)CCOCCOCCOCCOCCC(CCOCCOCCOCCOCCC(=O)NCCOCCNC(=O)CCOCCn2cc(CCCC)nn2)C(=O)c2ccc(-c3nnc(S(C)(=O)=O)o3)cc2)nn1. The molecule has 0 fully saturated rings. The van der Waals surface area contributed by atoms with Crippen LogP contribution in [0, 0.1) is 5.92 Å². The Labute approximate surface area is 563 Å². The lowest BCUT2D eigenvalue weighted by atomic mass is 9.92. The maximum atomic E-state index is 13.8. The van der Waals surface area contributed by atoms with Crippen LogP contribution in [-0.2, 0) is 112 Å². The van der Waals surface area contributed by atoms with Gasteiger partial charge in [-0.1, -0.05) is 54.3 Å². The van der Waals surface area contributed by atoms with Gasteiger partial charge in [0.1, 0.15) is 0 Å². The fourth-order valence-corrected chi connectivity index (χ4v) is 8.92. The molecule has 1 aromatic carbocycles. The average molecular weight is 1380 g/mol. The van der Waals surface area contributed by atoms with Crippen molar-refractivity contribution in [3.63, 3.8) is 0 Å². The van der Waals surface area contributed by atoms with Crippen LogP contribution in [0.3, 0.4) is 0 Å². The number of carbonyl (C=O) groups is 5. The molecule has 0 saturated heterocycles. The third kappa shape index (κ3) is 41.0. The van der Waals surface area contributed by atoms with Crippen molar-refractivity contribution in [1.29, 1.82) is 0 Å². The summed E-state index contributed by atoms with van der Waals surface area (Å²) in [6.45, 7) is 14.5. The first-order valence-corrected chi connectivity index (χ1v) is 35.2. The van der Waals surface area contributed by atoms with Crippen molar-refractivity contribution in [2.45, 2.75) is 109 Å². The zero-order valence-electron chi connectivity index (χ0n) is 56.4. The van der Waals surface area contributed by atoms with E-state index in [0.717, 1.165) is 56.2 Å². The van der Waals surface area contributed by atoms with E-state index in [-0.39, 0.29) is 87.4 Å². The molecule has 4 aromatic rings. The van der Waals surface area contributed by atoms with Gasteiger partial charge in [-0.3, -0.25) is 24.0 Å². The highest BCUT2D eigenvalue weighted by Gasteiger charge is 2.22. The van der Waals surface area contributed by atoms with E-state index in [9.17, 15) is 32.4 Å². The van der Waals surface area contributed by atoms with Crippen molar-refractivity contribution in [1.82, 2.24) is 61.5 Å². The number of ketones is 1. The summed E-state index contributed by atoms with van der Waals surface area (Å²) in [5.74, 6) is -1.14. The molecule has 3 aromatic heterocycles. The summed E-state index contributed by atoms with van der Waals surface area (Å²) in [5, 5.41) is 34.5. The number of amides is 4. The van der Waals surface area contributed by atoms with Gasteiger partial charge in [-0.05, 0) is 50.7 Å². The summed E-state index contributed by atoms with van der Waals surface area (Å²) in [5.41, 5.74) is 2.83. The molecule has 0 spiro atoms. The largest absolute Gasteiger partial charge is 0.408 e. The molecule has 0 radical (unpaired) electrons. The van der Waals surface area contributed by atoms with E-state index < -0.39 is 21.0 Å². The van der Waals surface area contributed by atoms with Crippen LogP contribution in [-0.4, -0.2) is 269 Å². The van der Waals surface area contributed by atoms with Crippen LogP contribution < -0.4 is 21.3 Å². The van der Waals surface area contributed by atoms with Gasteiger partial charge in [0.05, 0.1) is 170 Å². The van der Waals surface area contributed by atoms with Crippen LogP contribution in [0.15, 0.2) is 46.3 Å². The second-order valence-corrected chi connectivity index (χ2v) is 23.7. The van der Waals surface area contributed by atoms with Gasteiger partial charge in [-0.25, -0.2) is 17.8 Å². The average Bonchev–Trinajstić information content (AvgIpc) is 1.83. The number of hydrogen-bond donors (Lipinski definition) is 4. The monoisotopic (exact) mass is 1380 g/mol. The zero-order valence-corrected chi connectivity index (χ0v) is 57.2. The third-order valence-corrected chi connectivity index (χ3v) is 14.6. The Bertz CT molecular complexity index is 2670. The smallest absolute Gasteiger partial charge is 0.335 e. The van der Waals surface area contributed by atoms with Crippen LogP contribution in [0.25, 0.3) is 11.5 Å². The van der Waals surface area contributed by atoms with Gasteiger partial charge in [-0.15, -0.1) is 15.3 Å². The highest BCUT2D eigenvalue weighted by Crippen LogP contribution is 2.23. The van der Waals surface area contributed by atoms with E-state index in [2.05, 4.69) is 65.9 Å². The minimum absolute atomic E-state index is 0.00794. The van der Waals surface area contributed by atoms with Crippen molar-refractivity contribution >= 4 is 39.2 Å². The Balaban J connectivity index is 0.933. The summed E-state index contributed by atoms with van der Waals surface area (Å²) < 4.78 is 99.7. The topological polar surface area (TPSA) is 379 Å². The number of nitrogens with zero attached hydrogens (tertiary/aromatic N) is 8. The quantitative estimate of drug-likeness (QED) is 0.0364. The van der Waals surface area contributed by atoms with E-state index >= 15 is 0 Å². The number of unbranched alkanes of at least 4 members (excludes halogenated alkanes) is 2. The fraction of sp³-hybridized carbons (Fsp3) is 0.730. The van der Waals surface area contributed by atoms with Crippen LogP contribution in [0.2, 0.25) is 0 Å². The molecule has 3 heterocycles. The lowest BCUT2D eigenvalue weighted by Crippen LogP contribution is -2.31. The Morgan fingerprint density at radius 1 is 0.438 bits per heavy atom. The number of carbonyl (C=O) groups excluding carboxylic acids is 5. The molecular formula is C63H104N12O20S. The number of ether oxygens (including phenoxy) is 12. The van der Waals surface area contributed by atoms with Crippen LogP contribution >= 0.6 is 0 Å². The van der Waals surface area contributed by atoms with Gasteiger partial charge in [0, 0.05) is 101 Å². The number of aromatic nitrogens is 8. The van der Waals surface area contributed by atoms with E-state index in [1.807, 2.05) is 12.4 Å². The van der Waals surface area contributed by atoms with E-state index in [4.69, 9.17) is 61.3 Å². The first-order chi connectivity index (χ1) is 46.8. The van der Waals surface area contributed by atoms with Crippen molar-refractivity contribution < 1.29 is 93.6 Å².